The number of amidine groups is 1. The van der Waals surface area contributed by atoms with E-state index in [1.807, 2.05) is 98.8 Å². The third kappa shape index (κ3) is 5.06. The minimum Gasteiger partial charge on any atom is -0.493 e. The summed E-state index contributed by atoms with van der Waals surface area (Å²) in [7, 11) is 0. The standard InChI is InChI=1S/C26H24N2O2S/c1-3-30-23-12-8-7-11-21(23)17-24-25(29)28(18-20-9-5-4-6-10-20)26(31-24)27-22-15-13-19(2)14-16-22/h4-17H,3,18H2,1-2H3/b24-17+,27-26?. The Morgan fingerprint density at radius 3 is 2.42 bits per heavy atom. The van der Waals surface area contributed by atoms with Crippen molar-refractivity contribution in [3.63, 3.8) is 0 Å². The van der Waals surface area contributed by atoms with Crippen molar-refractivity contribution in [2.24, 2.45) is 4.99 Å². The third-order valence-electron chi connectivity index (χ3n) is 4.84. The number of amides is 1. The van der Waals surface area contributed by atoms with Crippen molar-refractivity contribution in [3.05, 3.63) is 100 Å². The van der Waals surface area contributed by atoms with Crippen LogP contribution in [0.25, 0.3) is 6.08 Å². The summed E-state index contributed by atoms with van der Waals surface area (Å²) >= 11 is 1.40. The molecular formula is C26H24N2O2S. The first-order valence-corrected chi connectivity index (χ1v) is 11.1. The van der Waals surface area contributed by atoms with Crippen LogP contribution in [0.3, 0.4) is 0 Å². The number of carbonyl (C=O) groups excluding carboxylic acids is 1. The number of carbonyl (C=O) groups is 1. The number of benzene rings is 3. The number of hydrogen-bond acceptors (Lipinski definition) is 4. The fourth-order valence-electron chi connectivity index (χ4n) is 3.25. The van der Waals surface area contributed by atoms with Crippen molar-refractivity contribution in [1.82, 2.24) is 4.90 Å². The first kappa shape index (κ1) is 20.9. The lowest BCUT2D eigenvalue weighted by atomic mass is 10.1. The van der Waals surface area contributed by atoms with E-state index in [1.165, 1.54) is 17.3 Å². The first-order valence-electron chi connectivity index (χ1n) is 10.3. The molecule has 5 heteroatoms. The van der Waals surface area contributed by atoms with Gasteiger partial charge in [0.05, 0.1) is 23.7 Å². The van der Waals surface area contributed by atoms with E-state index in [-0.39, 0.29) is 5.91 Å². The van der Waals surface area contributed by atoms with Crippen LogP contribution in [0.1, 0.15) is 23.6 Å². The van der Waals surface area contributed by atoms with Crippen molar-refractivity contribution >= 4 is 34.6 Å². The largest absolute Gasteiger partial charge is 0.493 e. The number of para-hydroxylation sites is 1. The predicted molar refractivity (Wildman–Crippen MR) is 128 cm³/mol. The van der Waals surface area contributed by atoms with Crippen LogP contribution in [-0.2, 0) is 11.3 Å². The number of aliphatic imine (C=N–C) groups is 1. The molecule has 1 saturated heterocycles. The summed E-state index contributed by atoms with van der Waals surface area (Å²) in [5.74, 6) is 0.718. The minimum absolute atomic E-state index is 0.0500. The maximum Gasteiger partial charge on any atom is 0.267 e. The van der Waals surface area contributed by atoms with Crippen molar-refractivity contribution in [1.29, 1.82) is 0 Å². The number of aryl methyl sites for hydroxylation is 1. The number of thioether (sulfide) groups is 1. The molecule has 31 heavy (non-hydrogen) atoms. The third-order valence-corrected chi connectivity index (χ3v) is 5.84. The molecule has 1 aliphatic rings. The van der Waals surface area contributed by atoms with E-state index in [0.29, 0.717) is 23.2 Å². The summed E-state index contributed by atoms with van der Waals surface area (Å²) in [5, 5.41) is 0.679. The second kappa shape index (κ2) is 9.67. The Morgan fingerprint density at radius 2 is 1.68 bits per heavy atom. The summed E-state index contributed by atoms with van der Waals surface area (Å²) in [6, 6.07) is 25.7. The molecule has 0 aromatic heterocycles. The lowest BCUT2D eigenvalue weighted by Gasteiger charge is -2.15. The van der Waals surface area contributed by atoms with Crippen LogP contribution in [0.5, 0.6) is 5.75 Å². The normalized spacial score (nSPS) is 16.3. The number of ether oxygens (including phenoxy) is 1. The highest BCUT2D eigenvalue weighted by molar-refractivity contribution is 8.18. The summed E-state index contributed by atoms with van der Waals surface area (Å²) in [6.45, 7) is 5.04. The Labute approximate surface area is 187 Å². The second-order valence-corrected chi connectivity index (χ2v) is 8.20. The van der Waals surface area contributed by atoms with Gasteiger partial charge in [-0.2, -0.15) is 0 Å². The van der Waals surface area contributed by atoms with Crippen LogP contribution in [0, 0.1) is 6.92 Å². The summed E-state index contributed by atoms with van der Waals surface area (Å²) in [6.07, 6.45) is 1.90. The Hall–Kier alpha value is -3.31. The van der Waals surface area contributed by atoms with Gasteiger partial charge < -0.3 is 4.74 Å². The monoisotopic (exact) mass is 428 g/mol. The smallest absolute Gasteiger partial charge is 0.267 e. The molecule has 0 unspecified atom stereocenters. The van der Waals surface area contributed by atoms with Gasteiger partial charge in [0.2, 0.25) is 0 Å². The van der Waals surface area contributed by atoms with E-state index in [0.717, 1.165) is 22.6 Å². The molecule has 1 fully saturated rings. The number of nitrogens with zero attached hydrogens (tertiary/aromatic N) is 2. The van der Waals surface area contributed by atoms with Gasteiger partial charge in [0, 0.05) is 5.56 Å². The van der Waals surface area contributed by atoms with Crippen LogP contribution in [-0.4, -0.2) is 22.6 Å². The van der Waals surface area contributed by atoms with Gasteiger partial charge in [-0.3, -0.25) is 9.69 Å². The molecular weight excluding hydrogens is 404 g/mol. The molecule has 1 amide bonds. The van der Waals surface area contributed by atoms with Crippen LogP contribution >= 0.6 is 11.8 Å². The zero-order valence-electron chi connectivity index (χ0n) is 17.6. The molecule has 0 bridgehead atoms. The van der Waals surface area contributed by atoms with Crippen molar-refractivity contribution < 1.29 is 9.53 Å². The average Bonchev–Trinajstić information content (AvgIpc) is 3.06. The fourth-order valence-corrected chi connectivity index (χ4v) is 4.24. The molecule has 4 nitrogen and oxygen atoms in total. The molecule has 1 aliphatic heterocycles. The molecule has 0 radical (unpaired) electrons. The second-order valence-electron chi connectivity index (χ2n) is 7.19. The molecule has 156 valence electrons. The lowest BCUT2D eigenvalue weighted by molar-refractivity contribution is -0.122. The van der Waals surface area contributed by atoms with Gasteiger partial charge in [0.1, 0.15) is 5.75 Å². The van der Waals surface area contributed by atoms with Crippen LogP contribution in [0.4, 0.5) is 5.69 Å². The van der Waals surface area contributed by atoms with E-state index in [9.17, 15) is 4.79 Å². The van der Waals surface area contributed by atoms with E-state index in [4.69, 9.17) is 9.73 Å². The zero-order chi connectivity index (χ0) is 21.6. The van der Waals surface area contributed by atoms with Crippen LogP contribution < -0.4 is 4.74 Å². The maximum atomic E-state index is 13.4. The van der Waals surface area contributed by atoms with E-state index >= 15 is 0 Å². The zero-order valence-corrected chi connectivity index (χ0v) is 18.4. The van der Waals surface area contributed by atoms with E-state index in [1.54, 1.807) is 4.90 Å². The number of hydrogen-bond donors (Lipinski definition) is 0. The van der Waals surface area contributed by atoms with Crippen LogP contribution in [0.15, 0.2) is 88.8 Å². The highest BCUT2D eigenvalue weighted by atomic mass is 32.2. The number of rotatable bonds is 6. The van der Waals surface area contributed by atoms with Gasteiger partial charge in [-0.05, 0) is 55.4 Å². The maximum absolute atomic E-state index is 13.4. The predicted octanol–water partition coefficient (Wildman–Crippen LogP) is 6.20. The first-order chi connectivity index (χ1) is 15.1. The Balaban J connectivity index is 1.71. The Morgan fingerprint density at radius 1 is 0.968 bits per heavy atom. The van der Waals surface area contributed by atoms with Gasteiger partial charge in [-0.15, -0.1) is 0 Å². The highest BCUT2D eigenvalue weighted by Gasteiger charge is 2.33. The van der Waals surface area contributed by atoms with Gasteiger partial charge in [0.15, 0.2) is 5.17 Å². The van der Waals surface area contributed by atoms with Crippen molar-refractivity contribution in [2.45, 2.75) is 20.4 Å². The molecule has 0 aliphatic carbocycles. The topological polar surface area (TPSA) is 41.9 Å². The Bertz CT molecular complexity index is 1120. The molecule has 4 rings (SSSR count). The minimum atomic E-state index is -0.0500. The summed E-state index contributed by atoms with van der Waals surface area (Å²) < 4.78 is 5.73. The molecule has 0 N–H and O–H groups in total. The lowest BCUT2D eigenvalue weighted by Crippen LogP contribution is -2.28. The van der Waals surface area contributed by atoms with Crippen molar-refractivity contribution in [2.75, 3.05) is 6.61 Å². The van der Waals surface area contributed by atoms with Crippen molar-refractivity contribution in [3.8, 4) is 5.75 Å². The summed E-state index contributed by atoms with van der Waals surface area (Å²) in [5.41, 5.74) is 3.95. The molecule has 3 aromatic carbocycles. The SMILES string of the molecule is CCOc1ccccc1/C=C1/SC(=Nc2ccc(C)cc2)N(Cc2ccccc2)C1=O. The average molecular weight is 429 g/mol. The van der Waals surface area contributed by atoms with Gasteiger partial charge in [-0.25, -0.2) is 4.99 Å². The van der Waals surface area contributed by atoms with Gasteiger partial charge in [-0.1, -0.05) is 66.2 Å². The van der Waals surface area contributed by atoms with E-state index < -0.39 is 0 Å². The molecule has 1 heterocycles. The molecule has 0 atom stereocenters. The summed E-state index contributed by atoms with van der Waals surface area (Å²) in [4.78, 5) is 20.5. The highest BCUT2D eigenvalue weighted by Crippen LogP contribution is 2.36. The van der Waals surface area contributed by atoms with Gasteiger partial charge in [0.25, 0.3) is 5.91 Å². The molecule has 0 saturated carbocycles. The quantitative estimate of drug-likeness (QED) is 0.439. The fraction of sp³-hybridized carbons (Fsp3) is 0.154. The van der Waals surface area contributed by atoms with Gasteiger partial charge >= 0.3 is 0 Å². The van der Waals surface area contributed by atoms with Crippen LogP contribution in [0.2, 0.25) is 0 Å². The molecule has 0 spiro atoms. The Kier molecular flexibility index (Phi) is 6.53. The van der Waals surface area contributed by atoms with E-state index in [2.05, 4.69) is 0 Å². The molecule has 3 aromatic rings.